The molecule has 1 nitrogen and oxygen atoms in total. The van der Waals surface area contributed by atoms with E-state index in [-0.39, 0.29) is 5.41 Å². The van der Waals surface area contributed by atoms with E-state index >= 15 is 0 Å². The molecule has 1 N–H and O–H groups in total. The first-order valence-corrected chi connectivity index (χ1v) is 20.6. The van der Waals surface area contributed by atoms with Gasteiger partial charge in [-0.05, 0) is 141 Å². The van der Waals surface area contributed by atoms with Gasteiger partial charge in [0.25, 0.3) is 0 Å². The van der Waals surface area contributed by atoms with Gasteiger partial charge in [0.15, 0.2) is 0 Å². The van der Waals surface area contributed by atoms with E-state index in [0.717, 1.165) is 39.3 Å². The van der Waals surface area contributed by atoms with Crippen LogP contribution in [0.2, 0.25) is 0 Å². The van der Waals surface area contributed by atoms with Crippen LogP contribution in [0, 0.1) is 11.3 Å². The van der Waals surface area contributed by atoms with Crippen molar-refractivity contribution < 1.29 is 0 Å². The van der Waals surface area contributed by atoms with Crippen LogP contribution in [0.4, 0.5) is 0 Å². The fourth-order valence-corrected chi connectivity index (χ4v) is 7.83. The van der Waals surface area contributed by atoms with Crippen molar-refractivity contribution in [2.45, 2.75) is 59.8 Å². The SMILES string of the molecule is C/C=C\CCC(C)C.C=CC1=C(/C=C\C)c2ccc(-c3cccc(-c4cccc(-c5cccc(/C(=C/C(=N)c6ccccc6)c6ccccc6)c5)c4)c3)cc2C1(C)C. The van der Waals surface area contributed by atoms with E-state index in [4.69, 9.17) is 5.41 Å². The number of hydrogen-bond acceptors (Lipinski definition) is 1. The normalized spacial score (nSPS) is 13.5. The first-order valence-electron chi connectivity index (χ1n) is 20.6. The van der Waals surface area contributed by atoms with Crippen LogP contribution in [0.1, 0.15) is 82.2 Å². The summed E-state index contributed by atoms with van der Waals surface area (Å²) in [5, 5.41) is 8.89. The van der Waals surface area contributed by atoms with E-state index in [1.165, 1.54) is 57.4 Å². The molecule has 7 rings (SSSR count). The van der Waals surface area contributed by atoms with Crippen molar-refractivity contribution >= 4 is 16.9 Å². The highest BCUT2D eigenvalue weighted by Crippen LogP contribution is 2.48. The molecule has 0 unspecified atom stereocenters. The van der Waals surface area contributed by atoms with Crippen molar-refractivity contribution in [1.29, 1.82) is 5.41 Å². The number of hydrogen-bond donors (Lipinski definition) is 1. The highest BCUT2D eigenvalue weighted by molar-refractivity contribution is 6.12. The van der Waals surface area contributed by atoms with Gasteiger partial charge in [0, 0.05) is 5.41 Å². The second-order valence-corrected chi connectivity index (χ2v) is 15.9. The predicted molar refractivity (Wildman–Crippen MR) is 253 cm³/mol. The lowest BCUT2D eigenvalue weighted by Gasteiger charge is -2.23. The molecule has 0 heterocycles. The number of allylic oxidation sites excluding steroid dienone is 8. The standard InChI is InChI=1S/C49H41N.C8H16/c1-5-16-43-44-28-27-41(32-47(44)49(3,4)46(43)6-2)39-24-14-22-37(30-39)36-21-13-23-38(29-36)40-25-15-26-42(31-40)45(34-17-9-7-10-18-34)33-48(50)35-19-11-8-12-20-35;1-4-5-6-7-8(2)3/h5-33,50H,2H2,1,3-4H3;4-5,8H,6-7H2,1-3H3/b16-5-,45-33+,50-48?;5-4-. The van der Waals surface area contributed by atoms with Gasteiger partial charge in [-0.15, -0.1) is 0 Å². The van der Waals surface area contributed by atoms with E-state index in [1.54, 1.807) is 0 Å². The van der Waals surface area contributed by atoms with Crippen LogP contribution in [-0.4, -0.2) is 5.71 Å². The summed E-state index contributed by atoms with van der Waals surface area (Å²) < 4.78 is 0. The molecule has 0 radical (unpaired) electrons. The summed E-state index contributed by atoms with van der Waals surface area (Å²) in [6, 6.07) is 53.5. The average Bonchev–Trinajstić information content (AvgIpc) is 3.47. The Balaban J connectivity index is 0.000000643. The lowest BCUT2D eigenvalue weighted by molar-refractivity contribution is 0.594. The van der Waals surface area contributed by atoms with Crippen LogP contribution in [-0.2, 0) is 5.41 Å². The fourth-order valence-electron chi connectivity index (χ4n) is 7.83. The summed E-state index contributed by atoms with van der Waals surface area (Å²) in [7, 11) is 0. The monoisotopic (exact) mass is 755 g/mol. The maximum Gasteiger partial charge on any atom is 0.0618 e. The maximum absolute atomic E-state index is 8.89. The van der Waals surface area contributed by atoms with Gasteiger partial charge < -0.3 is 5.41 Å². The van der Waals surface area contributed by atoms with Gasteiger partial charge >= 0.3 is 0 Å². The Labute approximate surface area is 348 Å². The molecular weight excluding hydrogens is 699 g/mol. The summed E-state index contributed by atoms with van der Waals surface area (Å²) in [4.78, 5) is 0. The van der Waals surface area contributed by atoms with Gasteiger partial charge in [-0.25, -0.2) is 0 Å². The average molecular weight is 756 g/mol. The highest BCUT2D eigenvalue weighted by atomic mass is 14.4. The molecule has 1 heteroatoms. The van der Waals surface area contributed by atoms with Gasteiger partial charge in [-0.2, -0.15) is 0 Å². The third-order valence-electron chi connectivity index (χ3n) is 11.0. The fraction of sp³-hybridized carbons (Fsp3) is 0.175. The summed E-state index contributed by atoms with van der Waals surface area (Å²) in [6.45, 7) is 17.4. The molecule has 1 aliphatic carbocycles. The van der Waals surface area contributed by atoms with Gasteiger partial charge in [0.05, 0.1) is 5.71 Å². The minimum atomic E-state index is -0.111. The second kappa shape index (κ2) is 19.2. The zero-order valence-corrected chi connectivity index (χ0v) is 35.1. The Hall–Kier alpha value is -6.31. The summed E-state index contributed by atoms with van der Waals surface area (Å²) >= 11 is 0. The molecule has 0 spiro atoms. The highest BCUT2D eigenvalue weighted by Gasteiger charge is 2.35. The summed E-state index contributed by atoms with van der Waals surface area (Å²) in [5.74, 6) is 0.853. The van der Waals surface area contributed by atoms with E-state index in [1.807, 2.05) is 48.6 Å². The van der Waals surface area contributed by atoms with E-state index in [9.17, 15) is 0 Å². The molecule has 6 aromatic carbocycles. The van der Waals surface area contributed by atoms with Crippen molar-refractivity contribution in [3.63, 3.8) is 0 Å². The molecule has 0 aliphatic heterocycles. The Morgan fingerprint density at radius 2 is 1.12 bits per heavy atom. The molecular formula is C57H57N. The van der Waals surface area contributed by atoms with Crippen LogP contribution in [0.15, 0.2) is 200 Å². The predicted octanol–water partition coefficient (Wildman–Crippen LogP) is 16.0. The molecule has 0 atom stereocenters. The minimum Gasteiger partial charge on any atom is -0.300 e. The first-order chi connectivity index (χ1) is 28.1. The second-order valence-electron chi connectivity index (χ2n) is 15.9. The first kappa shape index (κ1) is 41.3. The number of nitrogens with one attached hydrogen (secondary N) is 1. The zero-order valence-electron chi connectivity index (χ0n) is 35.1. The largest absolute Gasteiger partial charge is 0.300 e. The minimum absolute atomic E-state index is 0.111. The quantitative estimate of drug-likeness (QED) is 0.0950. The van der Waals surface area contributed by atoms with E-state index in [0.29, 0.717) is 5.71 Å². The smallest absolute Gasteiger partial charge is 0.0618 e. The number of rotatable bonds is 12. The van der Waals surface area contributed by atoms with Gasteiger partial charge in [0.2, 0.25) is 0 Å². The van der Waals surface area contributed by atoms with Crippen LogP contribution in [0.3, 0.4) is 0 Å². The Morgan fingerprint density at radius 1 is 0.603 bits per heavy atom. The van der Waals surface area contributed by atoms with Crippen LogP contribution in [0.25, 0.3) is 44.5 Å². The Morgan fingerprint density at radius 3 is 1.66 bits per heavy atom. The van der Waals surface area contributed by atoms with E-state index in [2.05, 4.69) is 188 Å². The number of fused-ring (bicyclic) bond motifs is 1. The lowest BCUT2D eigenvalue weighted by Crippen LogP contribution is -2.16. The molecule has 0 bridgehead atoms. The molecule has 0 aromatic heterocycles. The number of benzene rings is 6. The topological polar surface area (TPSA) is 23.9 Å². The van der Waals surface area contributed by atoms with Gasteiger partial charge in [-0.1, -0.05) is 192 Å². The van der Waals surface area contributed by atoms with Crippen molar-refractivity contribution in [2.75, 3.05) is 0 Å². The molecule has 58 heavy (non-hydrogen) atoms. The molecule has 0 saturated heterocycles. The molecule has 0 fully saturated rings. The molecule has 1 aliphatic rings. The Bertz CT molecular complexity index is 2480. The molecule has 0 amide bonds. The summed E-state index contributed by atoms with van der Waals surface area (Å²) in [5.41, 5.74) is 16.7. The lowest BCUT2D eigenvalue weighted by atomic mass is 9.80. The van der Waals surface area contributed by atoms with E-state index < -0.39 is 0 Å². The third-order valence-corrected chi connectivity index (χ3v) is 11.0. The van der Waals surface area contributed by atoms with Crippen molar-refractivity contribution in [3.05, 3.63) is 228 Å². The van der Waals surface area contributed by atoms with Gasteiger partial charge in [-0.3, -0.25) is 0 Å². The molecule has 290 valence electrons. The van der Waals surface area contributed by atoms with Crippen LogP contribution in [0.5, 0.6) is 0 Å². The van der Waals surface area contributed by atoms with Crippen molar-refractivity contribution in [2.24, 2.45) is 5.92 Å². The third kappa shape index (κ3) is 9.61. The maximum atomic E-state index is 8.89. The molecule has 0 saturated carbocycles. The Kier molecular flexibility index (Phi) is 13.7. The van der Waals surface area contributed by atoms with Crippen molar-refractivity contribution in [3.8, 4) is 33.4 Å². The molecule has 6 aromatic rings. The van der Waals surface area contributed by atoms with Crippen LogP contribution >= 0.6 is 0 Å². The van der Waals surface area contributed by atoms with Gasteiger partial charge in [0.1, 0.15) is 0 Å². The van der Waals surface area contributed by atoms with Crippen molar-refractivity contribution in [1.82, 2.24) is 0 Å². The van der Waals surface area contributed by atoms with Crippen LogP contribution < -0.4 is 0 Å². The zero-order chi connectivity index (χ0) is 41.1. The summed E-state index contributed by atoms with van der Waals surface area (Å²) in [6.07, 6.45) is 15.2.